The van der Waals surface area contributed by atoms with Gasteiger partial charge in [-0.15, -0.1) is 0 Å². The Labute approximate surface area is 76.4 Å². The highest BCUT2D eigenvalue weighted by atomic mass is 19.1. The largest absolute Gasteiger partial charge is 0.497 e. The first-order chi connectivity index (χ1) is 6.20. The van der Waals surface area contributed by atoms with Gasteiger partial charge in [-0.05, 0) is 18.9 Å². The molecule has 2 nitrogen and oxygen atoms in total. The lowest BCUT2D eigenvalue weighted by molar-refractivity contribution is 0.368. The van der Waals surface area contributed by atoms with Gasteiger partial charge in [0.1, 0.15) is 11.6 Å². The van der Waals surface area contributed by atoms with E-state index in [1.165, 1.54) is 13.2 Å². The zero-order chi connectivity index (χ0) is 9.84. The summed E-state index contributed by atoms with van der Waals surface area (Å²) in [6.45, 7) is 6.90. The first kappa shape index (κ1) is 9.45. The number of rotatable bonds is 3. The maximum Gasteiger partial charge on any atom is 0.136 e. The van der Waals surface area contributed by atoms with Gasteiger partial charge in [-0.3, -0.25) is 4.99 Å². The van der Waals surface area contributed by atoms with Gasteiger partial charge in [0.2, 0.25) is 0 Å². The summed E-state index contributed by atoms with van der Waals surface area (Å²) in [6.07, 6.45) is 0. The fraction of sp³-hybridized carbons (Fsp3) is 0.100. The van der Waals surface area contributed by atoms with Crippen molar-refractivity contribution in [3.8, 4) is 0 Å². The zero-order valence-electron chi connectivity index (χ0n) is 7.38. The molecular formula is C10H10FNO. The fourth-order valence-corrected chi connectivity index (χ4v) is 1.02. The Morgan fingerprint density at radius 1 is 1.54 bits per heavy atom. The molecule has 0 spiro atoms. The van der Waals surface area contributed by atoms with Crippen LogP contribution in [0.15, 0.2) is 29.8 Å². The topological polar surface area (TPSA) is 21.6 Å². The van der Waals surface area contributed by atoms with Crippen LogP contribution in [-0.4, -0.2) is 13.8 Å². The number of hydrogen-bond acceptors (Lipinski definition) is 2. The molecule has 0 atom stereocenters. The van der Waals surface area contributed by atoms with Crippen LogP contribution in [0.3, 0.4) is 0 Å². The fourth-order valence-electron chi connectivity index (χ4n) is 1.02. The quantitative estimate of drug-likeness (QED) is 0.516. The lowest BCUT2D eigenvalue weighted by atomic mass is 10.1. The van der Waals surface area contributed by atoms with Crippen molar-refractivity contribution in [1.29, 1.82) is 0 Å². The van der Waals surface area contributed by atoms with Crippen LogP contribution in [0.5, 0.6) is 0 Å². The maximum atomic E-state index is 13.2. The third-order valence-corrected chi connectivity index (χ3v) is 1.69. The SMILES string of the molecule is C=Nc1cccc(F)c1C(=C)OC. The summed E-state index contributed by atoms with van der Waals surface area (Å²) >= 11 is 0. The van der Waals surface area contributed by atoms with Gasteiger partial charge in [0.25, 0.3) is 0 Å². The first-order valence-corrected chi connectivity index (χ1v) is 3.69. The molecule has 0 aromatic heterocycles. The molecule has 3 heteroatoms. The van der Waals surface area contributed by atoms with Gasteiger partial charge >= 0.3 is 0 Å². The molecule has 0 aliphatic rings. The van der Waals surface area contributed by atoms with E-state index in [4.69, 9.17) is 4.74 Å². The van der Waals surface area contributed by atoms with Crippen LogP contribution in [0.2, 0.25) is 0 Å². The number of aliphatic imine (C=N–C) groups is 1. The van der Waals surface area contributed by atoms with Crippen LogP contribution in [0.4, 0.5) is 10.1 Å². The predicted octanol–water partition coefficient (Wildman–Crippen LogP) is 2.77. The molecular weight excluding hydrogens is 169 g/mol. The number of methoxy groups -OCH3 is 1. The molecule has 0 unspecified atom stereocenters. The second kappa shape index (κ2) is 3.85. The Hall–Kier alpha value is -1.64. The molecule has 0 bridgehead atoms. The van der Waals surface area contributed by atoms with E-state index in [9.17, 15) is 4.39 Å². The van der Waals surface area contributed by atoms with Gasteiger partial charge in [0, 0.05) is 0 Å². The van der Waals surface area contributed by atoms with Crippen molar-refractivity contribution in [3.63, 3.8) is 0 Å². The van der Waals surface area contributed by atoms with Gasteiger partial charge in [-0.1, -0.05) is 12.6 Å². The highest BCUT2D eigenvalue weighted by molar-refractivity contribution is 5.71. The van der Waals surface area contributed by atoms with Gasteiger partial charge in [0.15, 0.2) is 0 Å². The van der Waals surface area contributed by atoms with Crippen LogP contribution in [0, 0.1) is 5.82 Å². The number of ether oxygens (including phenoxy) is 1. The smallest absolute Gasteiger partial charge is 0.136 e. The minimum absolute atomic E-state index is 0.250. The second-order valence-corrected chi connectivity index (χ2v) is 2.42. The number of benzene rings is 1. The van der Waals surface area contributed by atoms with Crippen LogP contribution in [-0.2, 0) is 4.74 Å². The van der Waals surface area contributed by atoms with Crippen molar-refractivity contribution in [3.05, 3.63) is 36.2 Å². The Balaban J connectivity index is 3.30. The van der Waals surface area contributed by atoms with E-state index in [-0.39, 0.29) is 11.3 Å². The van der Waals surface area contributed by atoms with Gasteiger partial charge in [-0.2, -0.15) is 0 Å². The van der Waals surface area contributed by atoms with Crippen molar-refractivity contribution in [2.45, 2.75) is 0 Å². The van der Waals surface area contributed by atoms with Gasteiger partial charge in [-0.25, -0.2) is 4.39 Å². The summed E-state index contributed by atoms with van der Waals surface area (Å²) in [5, 5.41) is 0. The Morgan fingerprint density at radius 3 is 2.77 bits per heavy atom. The molecule has 0 heterocycles. The highest BCUT2D eigenvalue weighted by Crippen LogP contribution is 2.27. The predicted molar refractivity (Wildman–Crippen MR) is 51.7 cm³/mol. The van der Waals surface area contributed by atoms with Crippen LogP contribution in [0.25, 0.3) is 5.76 Å². The molecule has 13 heavy (non-hydrogen) atoms. The molecule has 0 amide bonds. The summed E-state index contributed by atoms with van der Waals surface area (Å²) in [5.41, 5.74) is 0.701. The molecule has 1 rings (SSSR count). The molecule has 1 aromatic rings. The van der Waals surface area contributed by atoms with E-state index in [0.29, 0.717) is 5.69 Å². The molecule has 0 aliphatic heterocycles. The van der Waals surface area contributed by atoms with Crippen molar-refractivity contribution >= 4 is 18.2 Å². The van der Waals surface area contributed by atoms with Crippen LogP contribution in [0.1, 0.15) is 5.56 Å². The van der Waals surface area contributed by atoms with E-state index in [2.05, 4.69) is 18.3 Å². The third-order valence-electron chi connectivity index (χ3n) is 1.69. The summed E-state index contributed by atoms with van der Waals surface area (Å²) in [5.74, 6) is -0.155. The lowest BCUT2D eigenvalue weighted by Gasteiger charge is -2.07. The van der Waals surface area contributed by atoms with Crippen molar-refractivity contribution in [2.75, 3.05) is 7.11 Å². The lowest BCUT2D eigenvalue weighted by Crippen LogP contribution is -1.91. The first-order valence-electron chi connectivity index (χ1n) is 3.69. The van der Waals surface area contributed by atoms with Crippen molar-refractivity contribution in [1.82, 2.24) is 0 Å². The normalized spacial score (nSPS) is 9.38. The van der Waals surface area contributed by atoms with Crippen LogP contribution < -0.4 is 0 Å². The van der Waals surface area contributed by atoms with E-state index in [0.717, 1.165) is 0 Å². The van der Waals surface area contributed by atoms with Crippen molar-refractivity contribution in [2.24, 2.45) is 4.99 Å². The van der Waals surface area contributed by atoms with Crippen LogP contribution >= 0.6 is 0 Å². The monoisotopic (exact) mass is 179 g/mol. The average molecular weight is 179 g/mol. The summed E-state index contributed by atoms with van der Waals surface area (Å²) in [4.78, 5) is 3.67. The summed E-state index contributed by atoms with van der Waals surface area (Å²) in [7, 11) is 1.43. The number of halogens is 1. The number of hydrogen-bond donors (Lipinski definition) is 0. The minimum atomic E-state index is -0.406. The molecule has 0 saturated carbocycles. The van der Waals surface area contributed by atoms with E-state index >= 15 is 0 Å². The molecule has 0 radical (unpaired) electrons. The Bertz CT molecular complexity index is 347. The average Bonchev–Trinajstić information content (AvgIpc) is 2.16. The zero-order valence-corrected chi connectivity index (χ0v) is 7.38. The highest BCUT2D eigenvalue weighted by Gasteiger charge is 2.10. The minimum Gasteiger partial charge on any atom is -0.497 e. The number of nitrogens with zero attached hydrogens (tertiary/aromatic N) is 1. The van der Waals surface area contributed by atoms with E-state index < -0.39 is 5.82 Å². The molecule has 1 aromatic carbocycles. The summed E-state index contributed by atoms with van der Waals surface area (Å²) in [6, 6.07) is 4.54. The molecule has 0 aliphatic carbocycles. The van der Waals surface area contributed by atoms with Crippen molar-refractivity contribution < 1.29 is 9.13 Å². The molecule has 0 N–H and O–H groups in total. The summed E-state index contributed by atoms with van der Waals surface area (Å²) < 4.78 is 18.1. The Morgan fingerprint density at radius 2 is 2.23 bits per heavy atom. The standard InChI is InChI=1S/C10H10FNO/c1-7(13-3)10-8(11)5-4-6-9(10)12-2/h4-6H,1-2H2,3H3. The maximum absolute atomic E-state index is 13.2. The van der Waals surface area contributed by atoms with E-state index in [1.54, 1.807) is 12.1 Å². The second-order valence-electron chi connectivity index (χ2n) is 2.42. The molecule has 0 saturated heterocycles. The van der Waals surface area contributed by atoms with E-state index in [1.807, 2.05) is 0 Å². The van der Waals surface area contributed by atoms with Gasteiger partial charge in [0.05, 0.1) is 18.4 Å². The molecule has 0 fully saturated rings. The molecule has 68 valence electrons. The van der Waals surface area contributed by atoms with Gasteiger partial charge < -0.3 is 4.74 Å². The third kappa shape index (κ3) is 1.75. The Kier molecular flexibility index (Phi) is 2.80.